The highest BCUT2D eigenvalue weighted by molar-refractivity contribution is 7.10. The molecule has 0 spiro atoms. The van der Waals surface area contributed by atoms with Gasteiger partial charge in [-0.1, -0.05) is 34.6 Å². The number of hydrogen-bond donors (Lipinski definition) is 1. The summed E-state index contributed by atoms with van der Waals surface area (Å²) in [5, 5.41) is 13.3. The number of carbonyl (C=O) groups is 2. The number of esters is 1. The van der Waals surface area contributed by atoms with Crippen molar-refractivity contribution in [3.63, 3.8) is 0 Å². The van der Waals surface area contributed by atoms with Crippen LogP contribution in [-0.4, -0.2) is 37.9 Å². The quantitative estimate of drug-likeness (QED) is 0.293. The summed E-state index contributed by atoms with van der Waals surface area (Å²) in [7, 11) is -0.576. The molecule has 1 rings (SSSR count). The Bertz CT molecular complexity index is 690. The second-order valence-electron chi connectivity index (χ2n) is 9.64. The van der Waals surface area contributed by atoms with E-state index < -0.39 is 19.9 Å². The SMILES string of the molecule is COC(=O)CC(=O)CC(O)(CCc1ccsc1CO[Si](C)(C)C(C)(C)C)C(C)C. The first-order valence-corrected chi connectivity index (χ1v) is 14.0. The lowest BCUT2D eigenvalue weighted by molar-refractivity contribution is -0.144. The zero-order valence-electron chi connectivity index (χ0n) is 19.3. The van der Waals surface area contributed by atoms with Crippen LogP contribution < -0.4 is 0 Å². The first kappa shape index (κ1) is 26.0. The fourth-order valence-corrected chi connectivity index (χ4v) is 4.64. The van der Waals surface area contributed by atoms with Crippen LogP contribution in [0.3, 0.4) is 0 Å². The van der Waals surface area contributed by atoms with Crippen molar-refractivity contribution in [2.45, 2.75) is 90.6 Å². The maximum atomic E-state index is 12.2. The number of hydrogen-bond acceptors (Lipinski definition) is 6. The number of aliphatic hydroxyl groups is 1. The monoisotopic (exact) mass is 442 g/mol. The molecule has 0 aliphatic rings. The number of carbonyl (C=O) groups excluding carboxylic acids is 2. The molecule has 0 radical (unpaired) electrons. The molecular formula is C22H38O5SSi. The normalized spacial score (nSPS) is 14.7. The second kappa shape index (κ2) is 10.3. The van der Waals surface area contributed by atoms with Crippen LogP contribution in [0, 0.1) is 5.92 Å². The van der Waals surface area contributed by atoms with Gasteiger partial charge in [0.1, 0.15) is 12.2 Å². The third-order valence-corrected chi connectivity index (χ3v) is 11.6. The number of ketones is 1. The van der Waals surface area contributed by atoms with Crippen LogP contribution in [0.15, 0.2) is 11.4 Å². The minimum absolute atomic E-state index is 0.0420. The Labute approximate surface area is 180 Å². The smallest absolute Gasteiger partial charge is 0.313 e. The predicted molar refractivity (Wildman–Crippen MR) is 121 cm³/mol. The molecule has 1 aromatic rings. The first-order chi connectivity index (χ1) is 13.2. The molecule has 0 fully saturated rings. The van der Waals surface area contributed by atoms with E-state index in [-0.39, 0.29) is 29.6 Å². The molecule has 0 aliphatic heterocycles. The van der Waals surface area contributed by atoms with Crippen LogP contribution in [0.2, 0.25) is 18.1 Å². The van der Waals surface area contributed by atoms with Gasteiger partial charge in [-0.15, -0.1) is 11.3 Å². The maximum absolute atomic E-state index is 12.2. The Morgan fingerprint density at radius 1 is 1.24 bits per heavy atom. The Balaban J connectivity index is 2.79. The largest absolute Gasteiger partial charge is 0.469 e. The second-order valence-corrected chi connectivity index (χ2v) is 15.5. The van der Waals surface area contributed by atoms with Gasteiger partial charge in [0.05, 0.1) is 19.3 Å². The van der Waals surface area contributed by atoms with E-state index in [2.05, 4.69) is 50.0 Å². The minimum atomic E-state index is -1.83. The molecule has 0 bridgehead atoms. The van der Waals surface area contributed by atoms with Gasteiger partial charge in [0.2, 0.25) is 0 Å². The molecule has 0 aliphatic carbocycles. The van der Waals surface area contributed by atoms with E-state index in [1.165, 1.54) is 12.0 Å². The van der Waals surface area contributed by atoms with Crippen molar-refractivity contribution < 1.29 is 23.9 Å². The van der Waals surface area contributed by atoms with Crippen molar-refractivity contribution in [3.8, 4) is 0 Å². The summed E-state index contributed by atoms with van der Waals surface area (Å²) in [5.41, 5.74) is 0.0122. The molecule has 1 aromatic heterocycles. The van der Waals surface area contributed by atoms with E-state index in [9.17, 15) is 14.7 Å². The number of thiophene rings is 1. The fourth-order valence-electron chi connectivity index (χ4n) is 2.75. The molecule has 0 saturated heterocycles. The molecule has 0 amide bonds. The molecule has 1 heterocycles. The lowest BCUT2D eigenvalue weighted by atomic mass is 9.80. The third-order valence-electron chi connectivity index (χ3n) is 6.18. The highest BCUT2D eigenvalue weighted by Crippen LogP contribution is 2.38. The van der Waals surface area contributed by atoms with Gasteiger partial charge in [0, 0.05) is 11.3 Å². The van der Waals surface area contributed by atoms with E-state index >= 15 is 0 Å². The third kappa shape index (κ3) is 7.63. The van der Waals surface area contributed by atoms with Crippen molar-refractivity contribution in [2.75, 3.05) is 7.11 Å². The van der Waals surface area contributed by atoms with Crippen molar-refractivity contribution in [1.29, 1.82) is 0 Å². The average molecular weight is 443 g/mol. The van der Waals surface area contributed by atoms with Gasteiger partial charge in [-0.05, 0) is 53.9 Å². The minimum Gasteiger partial charge on any atom is -0.469 e. The van der Waals surface area contributed by atoms with E-state index in [1.54, 1.807) is 11.3 Å². The Morgan fingerprint density at radius 3 is 2.38 bits per heavy atom. The van der Waals surface area contributed by atoms with Crippen LogP contribution in [0.25, 0.3) is 0 Å². The molecule has 0 saturated carbocycles. The van der Waals surface area contributed by atoms with Crippen molar-refractivity contribution >= 4 is 31.4 Å². The summed E-state index contributed by atoms with van der Waals surface area (Å²) in [5.74, 6) is -0.960. The summed E-state index contributed by atoms with van der Waals surface area (Å²) < 4.78 is 10.9. The molecule has 1 atom stereocenters. The predicted octanol–water partition coefficient (Wildman–Crippen LogP) is 5.11. The van der Waals surface area contributed by atoms with Crippen LogP contribution in [0.4, 0.5) is 0 Å². The molecule has 5 nitrogen and oxygen atoms in total. The fraction of sp³-hybridized carbons (Fsp3) is 0.727. The topological polar surface area (TPSA) is 72.8 Å². The molecule has 0 aromatic carbocycles. The zero-order valence-corrected chi connectivity index (χ0v) is 21.1. The zero-order chi connectivity index (χ0) is 22.5. The van der Waals surface area contributed by atoms with Gasteiger partial charge in [-0.3, -0.25) is 9.59 Å². The first-order valence-electron chi connectivity index (χ1n) is 10.2. The van der Waals surface area contributed by atoms with Crippen LogP contribution in [0.5, 0.6) is 0 Å². The summed E-state index contributed by atoms with van der Waals surface area (Å²) in [6, 6.07) is 2.08. The van der Waals surface area contributed by atoms with Gasteiger partial charge in [0.25, 0.3) is 0 Å². The molecule has 7 heteroatoms. The number of aryl methyl sites for hydroxylation is 1. The van der Waals surface area contributed by atoms with E-state index in [0.29, 0.717) is 19.4 Å². The van der Waals surface area contributed by atoms with Gasteiger partial charge in [-0.2, -0.15) is 0 Å². The average Bonchev–Trinajstić information content (AvgIpc) is 3.04. The number of Topliss-reactive ketones (excluding diaryl/α,β-unsaturated/α-hetero) is 1. The lowest BCUT2D eigenvalue weighted by Gasteiger charge is -2.36. The Morgan fingerprint density at radius 2 is 1.86 bits per heavy atom. The van der Waals surface area contributed by atoms with Crippen molar-refractivity contribution in [3.05, 3.63) is 21.9 Å². The molecule has 29 heavy (non-hydrogen) atoms. The molecule has 1 unspecified atom stereocenters. The summed E-state index contributed by atoms with van der Waals surface area (Å²) in [6.07, 6.45) is 0.788. The van der Waals surface area contributed by atoms with Crippen molar-refractivity contribution in [2.24, 2.45) is 5.92 Å². The number of rotatable bonds is 11. The Kier molecular flexibility index (Phi) is 9.27. The van der Waals surface area contributed by atoms with Gasteiger partial charge >= 0.3 is 5.97 Å². The lowest BCUT2D eigenvalue weighted by Crippen LogP contribution is -2.40. The van der Waals surface area contributed by atoms with Crippen LogP contribution >= 0.6 is 11.3 Å². The molecule has 166 valence electrons. The standard InChI is InChI=1S/C22H38O5SSi/c1-16(2)22(25,14-18(23)13-20(24)26-6)11-9-17-10-12-28-19(17)15-27-29(7,8)21(3,4)5/h10,12,16,25H,9,11,13-15H2,1-8H3. The van der Waals surface area contributed by atoms with Crippen LogP contribution in [0.1, 0.15) is 64.3 Å². The van der Waals surface area contributed by atoms with E-state index in [0.717, 1.165) is 5.56 Å². The molecular weight excluding hydrogens is 404 g/mol. The summed E-state index contributed by atoms with van der Waals surface area (Å²) >= 11 is 1.67. The number of ether oxygens (including phenoxy) is 1. The van der Waals surface area contributed by atoms with Crippen molar-refractivity contribution in [1.82, 2.24) is 0 Å². The highest BCUT2D eigenvalue weighted by atomic mass is 32.1. The van der Waals surface area contributed by atoms with E-state index in [4.69, 9.17) is 4.43 Å². The summed E-state index contributed by atoms with van der Waals surface area (Å²) in [4.78, 5) is 24.7. The maximum Gasteiger partial charge on any atom is 0.313 e. The van der Waals surface area contributed by atoms with Gasteiger partial charge in [-0.25, -0.2) is 0 Å². The molecule has 1 N–H and O–H groups in total. The highest BCUT2D eigenvalue weighted by Gasteiger charge is 2.37. The van der Waals surface area contributed by atoms with Gasteiger partial charge < -0.3 is 14.3 Å². The van der Waals surface area contributed by atoms with Crippen LogP contribution in [-0.2, 0) is 31.8 Å². The number of methoxy groups -OCH3 is 1. The Hall–Kier alpha value is -1.02. The van der Waals surface area contributed by atoms with Gasteiger partial charge in [0.15, 0.2) is 8.32 Å². The summed E-state index contributed by atoms with van der Waals surface area (Å²) in [6.45, 7) is 15.6. The van der Waals surface area contributed by atoms with E-state index in [1.807, 2.05) is 13.8 Å².